The van der Waals surface area contributed by atoms with Crippen molar-refractivity contribution in [2.75, 3.05) is 13.1 Å². The Hall–Kier alpha value is -1.27. The third-order valence-electron chi connectivity index (χ3n) is 2.63. The van der Waals surface area contributed by atoms with Crippen LogP contribution in [0.5, 0.6) is 5.75 Å². The van der Waals surface area contributed by atoms with Gasteiger partial charge in [-0.25, -0.2) is 0 Å². The van der Waals surface area contributed by atoms with E-state index in [1.165, 1.54) is 12.1 Å². The van der Waals surface area contributed by atoms with Crippen LogP contribution in [0.2, 0.25) is 10.0 Å². The Labute approximate surface area is 138 Å². The molecule has 2 amide bonds. The maximum absolute atomic E-state index is 12.0. The molecule has 21 heavy (non-hydrogen) atoms. The predicted octanol–water partition coefficient (Wildman–Crippen LogP) is 2.40. The highest BCUT2D eigenvalue weighted by Crippen LogP contribution is 2.27. The molecular weight excluding hydrogens is 339 g/mol. The summed E-state index contributed by atoms with van der Waals surface area (Å²) in [7, 11) is 0. The Balaban J connectivity index is 0.00000220. The van der Waals surface area contributed by atoms with Crippen molar-refractivity contribution in [2.24, 2.45) is 5.73 Å². The maximum Gasteiger partial charge on any atom is 0.296 e. The summed E-state index contributed by atoms with van der Waals surface area (Å²) in [6, 6.07) is 4.56. The SMILES string of the molecule is Cl.NCCCN1C(=O)C=C(Oc2cc(Cl)cc(Cl)c2)C1=O. The van der Waals surface area contributed by atoms with E-state index >= 15 is 0 Å². The van der Waals surface area contributed by atoms with E-state index in [1.807, 2.05) is 0 Å². The summed E-state index contributed by atoms with van der Waals surface area (Å²) in [5.74, 6) is -0.646. The minimum Gasteiger partial charge on any atom is -0.451 e. The van der Waals surface area contributed by atoms with Crippen LogP contribution in [-0.2, 0) is 9.59 Å². The van der Waals surface area contributed by atoms with Crippen molar-refractivity contribution in [1.29, 1.82) is 0 Å². The minimum absolute atomic E-state index is 0. The zero-order valence-corrected chi connectivity index (χ0v) is 13.2. The molecule has 0 fully saturated rings. The average molecular weight is 352 g/mol. The number of amides is 2. The molecule has 1 aromatic carbocycles. The summed E-state index contributed by atoms with van der Waals surface area (Å²) >= 11 is 11.7. The molecule has 2 N–H and O–H groups in total. The van der Waals surface area contributed by atoms with Crippen LogP contribution in [0.4, 0.5) is 0 Å². The van der Waals surface area contributed by atoms with Crippen molar-refractivity contribution in [3.05, 3.63) is 40.1 Å². The smallest absolute Gasteiger partial charge is 0.296 e. The number of nitrogens with two attached hydrogens (primary N) is 1. The first kappa shape index (κ1) is 17.8. The molecule has 1 aliphatic heterocycles. The van der Waals surface area contributed by atoms with Gasteiger partial charge >= 0.3 is 0 Å². The Bertz CT molecular complexity index is 570. The minimum atomic E-state index is -0.487. The van der Waals surface area contributed by atoms with Gasteiger partial charge in [-0.2, -0.15) is 0 Å². The number of hydrogen-bond acceptors (Lipinski definition) is 4. The van der Waals surface area contributed by atoms with Gasteiger partial charge in [-0.1, -0.05) is 23.2 Å². The van der Waals surface area contributed by atoms with Crippen molar-refractivity contribution in [3.63, 3.8) is 0 Å². The zero-order valence-electron chi connectivity index (χ0n) is 10.8. The highest BCUT2D eigenvalue weighted by molar-refractivity contribution is 6.34. The Kier molecular flexibility index (Phi) is 6.48. The predicted molar refractivity (Wildman–Crippen MR) is 82.8 cm³/mol. The van der Waals surface area contributed by atoms with E-state index in [0.29, 0.717) is 28.8 Å². The number of rotatable bonds is 5. The Morgan fingerprint density at radius 1 is 1.14 bits per heavy atom. The van der Waals surface area contributed by atoms with E-state index < -0.39 is 11.8 Å². The van der Waals surface area contributed by atoms with Crippen LogP contribution < -0.4 is 10.5 Å². The normalized spacial score (nSPS) is 14.0. The van der Waals surface area contributed by atoms with Gasteiger partial charge in [-0.15, -0.1) is 12.4 Å². The molecule has 0 spiro atoms. The van der Waals surface area contributed by atoms with Gasteiger partial charge in [0.15, 0.2) is 5.76 Å². The van der Waals surface area contributed by atoms with Crippen LogP contribution in [-0.4, -0.2) is 29.8 Å². The van der Waals surface area contributed by atoms with Gasteiger partial charge in [-0.3, -0.25) is 14.5 Å². The lowest BCUT2D eigenvalue weighted by Gasteiger charge is -2.14. The first-order valence-electron chi connectivity index (χ1n) is 5.93. The lowest BCUT2D eigenvalue weighted by atomic mass is 10.3. The number of benzene rings is 1. The van der Waals surface area contributed by atoms with Crippen molar-refractivity contribution < 1.29 is 14.3 Å². The largest absolute Gasteiger partial charge is 0.451 e. The van der Waals surface area contributed by atoms with Crippen molar-refractivity contribution in [2.45, 2.75) is 6.42 Å². The monoisotopic (exact) mass is 350 g/mol. The molecule has 1 aliphatic rings. The molecule has 0 aliphatic carbocycles. The molecule has 0 saturated heterocycles. The van der Waals surface area contributed by atoms with Crippen molar-refractivity contribution >= 4 is 47.4 Å². The Morgan fingerprint density at radius 3 is 2.33 bits per heavy atom. The van der Waals surface area contributed by atoms with Crippen LogP contribution in [0, 0.1) is 0 Å². The molecule has 5 nitrogen and oxygen atoms in total. The second-order valence-corrected chi connectivity index (χ2v) is 5.03. The van der Waals surface area contributed by atoms with Crippen LogP contribution in [0.25, 0.3) is 0 Å². The number of imide groups is 1. The van der Waals surface area contributed by atoms with Gasteiger partial charge in [0.1, 0.15) is 5.75 Å². The maximum atomic E-state index is 12.0. The summed E-state index contributed by atoms with van der Waals surface area (Å²) in [6.45, 7) is 0.672. The van der Waals surface area contributed by atoms with Gasteiger partial charge in [0, 0.05) is 16.6 Å². The summed E-state index contributed by atoms with van der Waals surface area (Å²) in [4.78, 5) is 24.8. The van der Waals surface area contributed by atoms with Crippen molar-refractivity contribution in [1.82, 2.24) is 4.90 Å². The number of halogens is 3. The third kappa shape index (κ3) is 4.35. The zero-order chi connectivity index (χ0) is 14.7. The second-order valence-electron chi connectivity index (χ2n) is 4.15. The number of hydrogen-bond donors (Lipinski definition) is 1. The lowest BCUT2D eigenvalue weighted by Crippen LogP contribution is -2.33. The summed E-state index contributed by atoms with van der Waals surface area (Å²) in [5, 5.41) is 0.759. The van der Waals surface area contributed by atoms with E-state index in [-0.39, 0.29) is 24.7 Å². The highest BCUT2D eigenvalue weighted by Gasteiger charge is 2.32. The molecule has 0 atom stereocenters. The summed E-state index contributed by atoms with van der Waals surface area (Å²) < 4.78 is 5.38. The molecule has 0 radical (unpaired) electrons. The fourth-order valence-corrected chi connectivity index (χ4v) is 2.24. The van der Waals surface area contributed by atoms with Crippen LogP contribution >= 0.6 is 35.6 Å². The molecule has 0 saturated carbocycles. The lowest BCUT2D eigenvalue weighted by molar-refractivity contribution is -0.138. The summed E-state index contributed by atoms with van der Waals surface area (Å²) in [6.07, 6.45) is 1.69. The van der Waals surface area contributed by atoms with Crippen LogP contribution in [0.3, 0.4) is 0 Å². The van der Waals surface area contributed by atoms with Crippen molar-refractivity contribution in [3.8, 4) is 5.75 Å². The first-order valence-corrected chi connectivity index (χ1v) is 6.68. The molecule has 114 valence electrons. The van der Waals surface area contributed by atoms with E-state index in [2.05, 4.69) is 0 Å². The van der Waals surface area contributed by atoms with E-state index in [1.54, 1.807) is 6.07 Å². The molecule has 0 unspecified atom stereocenters. The van der Waals surface area contributed by atoms with Gasteiger partial charge in [0.05, 0.1) is 6.08 Å². The summed E-state index contributed by atoms with van der Waals surface area (Å²) in [5.41, 5.74) is 5.36. The molecule has 1 aromatic rings. The van der Waals surface area contributed by atoms with Crippen LogP contribution in [0.1, 0.15) is 6.42 Å². The van der Waals surface area contributed by atoms with E-state index in [4.69, 9.17) is 33.7 Å². The second kappa shape index (κ2) is 7.66. The molecule has 8 heteroatoms. The van der Waals surface area contributed by atoms with Gasteiger partial charge < -0.3 is 10.5 Å². The number of nitrogens with zero attached hydrogens (tertiary/aromatic N) is 1. The third-order valence-corrected chi connectivity index (χ3v) is 3.06. The van der Waals surface area contributed by atoms with Gasteiger partial charge in [0.25, 0.3) is 11.8 Å². The molecule has 2 rings (SSSR count). The molecule has 0 aromatic heterocycles. The van der Waals surface area contributed by atoms with Crippen LogP contribution in [0.15, 0.2) is 30.0 Å². The molecular formula is C13H13Cl3N2O3. The first-order chi connectivity index (χ1) is 9.51. The fraction of sp³-hybridized carbons (Fsp3) is 0.231. The fourth-order valence-electron chi connectivity index (χ4n) is 1.73. The number of carbonyl (C=O) groups excluding carboxylic acids is 2. The van der Waals surface area contributed by atoms with Gasteiger partial charge in [-0.05, 0) is 31.2 Å². The number of carbonyl (C=O) groups is 2. The Morgan fingerprint density at radius 2 is 1.76 bits per heavy atom. The molecule has 0 bridgehead atoms. The molecule has 1 heterocycles. The number of ether oxygens (including phenoxy) is 1. The van der Waals surface area contributed by atoms with E-state index in [0.717, 1.165) is 11.0 Å². The van der Waals surface area contributed by atoms with E-state index in [9.17, 15) is 9.59 Å². The highest BCUT2D eigenvalue weighted by atomic mass is 35.5. The average Bonchev–Trinajstić information content (AvgIpc) is 2.61. The standard InChI is InChI=1S/C13H12Cl2N2O3.ClH/c14-8-4-9(15)6-10(5-8)20-11-7-12(18)17(13(11)19)3-1-2-16;/h4-7H,1-3,16H2;1H. The van der Waals surface area contributed by atoms with Gasteiger partial charge in [0.2, 0.25) is 0 Å². The quantitative estimate of drug-likeness (QED) is 0.827. The topological polar surface area (TPSA) is 72.6 Å².